The lowest BCUT2D eigenvalue weighted by molar-refractivity contribution is 1.14. The SMILES string of the molecule is CCc1ccc(N2c3cccc4c3B(c3sc5ccc(CC)cc5c32)c2sc3ccc(CC)cc3c2N4c2ccc(-c3cccc4c5ccccc5c5ccccc5c34)cc2)cc1. The van der Waals surface area contributed by atoms with Gasteiger partial charge in [0, 0.05) is 52.5 Å². The third-order valence-corrected chi connectivity index (χ3v) is 16.4. The number of hydrogen-bond acceptors (Lipinski definition) is 4. The fourth-order valence-corrected chi connectivity index (χ4v) is 13.5. The van der Waals surface area contributed by atoms with Gasteiger partial charge in [0.05, 0.1) is 11.4 Å². The molecule has 0 atom stereocenters. The van der Waals surface area contributed by atoms with E-state index in [4.69, 9.17) is 0 Å². The van der Waals surface area contributed by atoms with Crippen LogP contribution in [0.2, 0.25) is 0 Å². The first-order valence-corrected chi connectivity index (χ1v) is 24.1. The van der Waals surface area contributed by atoms with Gasteiger partial charge in [0.25, 0.3) is 6.71 Å². The van der Waals surface area contributed by atoms with Crippen LogP contribution in [-0.4, -0.2) is 6.71 Å². The standard InChI is InChI=1S/C58H43BN2S2/c1-4-35-21-27-39(28-22-35)60-49-19-12-20-50-54(49)59(57-55(60)47-33-36(5-2)23-31-51(47)62-57)58-56(48-34-37(6-3)24-32-52(48)63-58)61(50)40-29-25-38(26-30-40)41-17-11-18-46-44-14-8-7-13-42(44)43-15-9-10-16-45(43)53(41)46/h7-34H,4-6H2,1-3H3. The molecule has 2 aliphatic heterocycles. The van der Waals surface area contributed by atoms with Gasteiger partial charge in [0.15, 0.2) is 0 Å². The van der Waals surface area contributed by atoms with Crippen molar-refractivity contribution in [2.24, 2.45) is 0 Å². The van der Waals surface area contributed by atoms with Gasteiger partial charge in [-0.2, -0.15) is 0 Å². The summed E-state index contributed by atoms with van der Waals surface area (Å²) < 4.78 is 5.56. The van der Waals surface area contributed by atoms with Crippen LogP contribution in [0.5, 0.6) is 0 Å². The molecule has 0 bridgehead atoms. The topological polar surface area (TPSA) is 6.48 Å². The zero-order chi connectivity index (χ0) is 41.9. The van der Waals surface area contributed by atoms with Crippen LogP contribution in [0.15, 0.2) is 170 Å². The van der Waals surface area contributed by atoms with E-state index in [9.17, 15) is 0 Å². The van der Waals surface area contributed by atoms with Crippen LogP contribution in [0, 0.1) is 0 Å². The number of aryl methyl sites for hydroxylation is 3. The van der Waals surface area contributed by atoms with Gasteiger partial charge < -0.3 is 9.80 Å². The van der Waals surface area contributed by atoms with Gasteiger partial charge >= 0.3 is 0 Å². The zero-order valence-electron chi connectivity index (χ0n) is 35.6. The van der Waals surface area contributed by atoms with Crippen molar-refractivity contribution < 1.29 is 0 Å². The summed E-state index contributed by atoms with van der Waals surface area (Å²) in [7, 11) is 0. The van der Waals surface area contributed by atoms with E-state index in [-0.39, 0.29) is 6.71 Å². The van der Waals surface area contributed by atoms with Crippen LogP contribution in [0.4, 0.5) is 34.1 Å². The van der Waals surface area contributed by atoms with Crippen LogP contribution >= 0.6 is 22.7 Å². The highest BCUT2D eigenvalue weighted by Crippen LogP contribution is 2.51. The van der Waals surface area contributed by atoms with Gasteiger partial charge in [-0.15, -0.1) is 22.7 Å². The fourth-order valence-electron chi connectivity index (χ4n) is 10.8. The van der Waals surface area contributed by atoms with Crippen molar-refractivity contribution in [1.82, 2.24) is 0 Å². The average Bonchev–Trinajstić information content (AvgIpc) is 3.92. The van der Waals surface area contributed by atoms with Crippen LogP contribution in [0.25, 0.3) is 63.6 Å². The fraction of sp³-hybridized carbons (Fsp3) is 0.103. The molecule has 2 aromatic heterocycles. The summed E-state index contributed by atoms with van der Waals surface area (Å²) in [5, 5.41) is 10.5. The molecule has 9 aromatic carbocycles. The monoisotopic (exact) mass is 842 g/mol. The van der Waals surface area contributed by atoms with Crippen LogP contribution in [-0.2, 0) is 19.3 Å². The zero-order valence-corrected chi connectivity index (χ0v) is 37.2. The minimum atomic E-state index is 0.117. The Balaban J connectivity index is 1.05. The Kier molecular flexibility index (Phi) is 8.32. The molecule has 63 heavy (non-hydrogen) atoms. The lowest BCUT2D eigenvalue weighted by Gasteiger charge is -2.42. The summed E-state index contributed by atoms with van der Waals surface area (Å²) in [4.78, 5) is 5.19. The highest BCUT2D eigenvalue weighted by Gasteiger charge is 2.46. The lowest BCUT2D eigenvalue weighted by atomic mass is 9.39. The van der Waals surface area contributed by atoms with Gasteiger partial charge in [0.2, 0.25) is 0 Å². The maximum Gasteiger partial charge on any atom is 0.277 e. The molecular formula is C58H43BN2S2. The van der Waals surface area contributed by atoms with Gasteiger partial charge in [0.1, 0.15) is 0 Å². The molecule has 2 aliphatic rings. The van der Waals surface area contributed by atoms with Crippen molar-refractivity contribution in [1.29, 1.82) is 0 Å². The van der Waals surface area contributed by atoms with E-state index in [2.05, 4.69) is 200 Å². The highest BCUT2D eigenvalue weighted by atomic mass is 32.1. The molecule has 0 aliphatic carbocycles. The van der Waals surface area contributed by atoms with Crippen LogP contribution in [0.1, 0.15) is 37.5 Å². The van der Waals surface area contributed by atoms with Crippen molar-refractivity contribution in [2.45, 2.75) is 40.0 Å². The Bertz CT molecular complexity index is 3610. The molecule has 0 unspecified atom stereocenters. The second-order valence-electron chi connectivity index (χ2n) is 17.2. The van der Waals surface area contributed by atoms with Crippen molar-refractivity contribution in [3.63, 3.8) is 0 Å². The predicted octanol–water partition coefficient (Wildman–Crippen LogP) is 15.0. The summed E-state index contributed by atoms with van der Waals surface area (Å²) in [5.74, 6) is 0. The first-order chi connectivity index (χ1) is 31.1. The molecule has 0 radical (unpaired) electrons. The normalized spacial score (nSPS) is 13.1. The third-order valence-electron chi connectivity index (χ3n) is 13.9. The highest BCUT2D eigenvalue weighted by molar-refractivity contribution is 7.40. The first kappa shape index (κ1) is 36.9. The number of rotatable bonds is 6. The quantitative estimate of drug-likeness (QED) is 0.122. The Morgan fingerprint density at radius 2 is 0.857 bits per heavy atom. The first-order valence-electron chi connectivity index (χ1n) is 22.5. The Hall–Kier alpha value is -6.66. The number of thiophene rings is 2. The van der Waals surface area contributed by atoms with E-state index in [1.165, 1.54) is 129 Å². The van der Waals surface area contributed by atoms with Crippen molar-refractivity contribution >= 4 is 131 Å². The summed E-state index contributed by atoms with van der Waals surface area (Å²) >= 11 is 3.98. The molecule has 300 valence electrons. The maximum atomic E-state index is 2.60. The predicted molar refractivity (Wildman–Crippen MR) is 277 cm³/mol. The van der Waals surface area contributed by atoms with Gasteiger partial charge in [-0.1, -0.05) is 130 Å². The molecule has 0 saturated carbocycles. The molecule has 4 heterocycles. The number of nitrogens with zero attached hydrogens (tertiary/aromatic N) is 2. The van der Waals surface area contributed by atoms with E-state index < -0.39 is 0 Å². The summed E-state index contributed by atoms with van der Waals surface area (Å²) in [6, 6.07) is 64.8. The molecule has 0 N–H and O–H groups in total. The van der Waals surface area contributed by atoms with Crippen molar-refractivity contribution in [2.75, 3.05) is 9.80 Å². The number of anilines is 6. The second-order valence-corrected chi connectivity index (χ2v) is 19.4. The van der Waals surface area contributed by atoms with Crippen LogP contribution < -0.4 is 24.8 Å². The molecule has 0 fully saturated rings. The summed E-state index contributed by atoms with van der Waals surface area (Å²) in [6.45, 7) is 6.90. The minimum Gasteiger partial charge on any atom is -0.310 e. The molecule has 0 spiro atoms. The number of fused-ring (bicyclic) bond motifs is 14. The molecule has 0 saturated heterocycles. The van der Waals surface area contributed by atoms with E-state index >= 15 is 0 Å². The van der Waals surface area contributed by atoms with Gasteiger partial charge in [-0.05, 0) is 146 Å². The molecule has 13 rings (SSSR count). The number of hydrogen-bond donors (Lipinski definition) is 0. The smallest absolute Gasteiger partial charge is 0.277 e. The average molecular weight is 843 g/mol. The summed E-state index contributed by atoms with van der Waals surface area (Å²) in [5.41, 5.74) is 15.6. The van der Waals surface area contributed by atoms with E-state index in [0.29, 0.717) is 0 Å². The van der Waals surface area contributed by atoms with Crippen molar-refractivity contribution in [3.8, 4) is 11.1 Å². The number of benzene rings is 9. The molecule has 11 aromatic rings. The van der Waals surface area contributed by atoms with Gasteiger partial charge in [-0.3, -0.25) is 0 Å². The molecule has 2 nitrogen and oxygen atoms in total. The third kappa shape index (κ3) is 5.36. The second kappa shape index (κ2) is 14.2. The van der Waals surface area contributed by atoms with Gasteiger partial charge in [-0.25, -0.2) is 0 Å². The molecular weight excluding hydrogens is 800 g/mol. The van der Waals surface area contributed by atoms with Crippen LogP contribution in [0.3, 0.4) is 0 Å². The Labute approximate surface area is 376 Å². The maximum absolute atomic E-state index is 2.60. The Morgan fingerprint density at radius 1 is 0.413 bits per heavy atom. The largest absolute Gasteiger partial charge is 0.310 e. The molecule has 0 amide bonds. The van der Waals surface area contributed by atoms with E-state index in [1.807, 2.05) is 22.7 Å². The summed E-state index contributed by atoms with van der Waals surface area (Å²) in [6.07, 6.45) is 3.03. The molecule has 5 heteroatoms. The lowest BCUT2D eigenvalue weighted by Crippen LogP contribution is -2.59. The van der Waals surface area contributed by atoms with E-state index in [0.717, 1.165) is 19.3 Å². The van der Waals surface area contributed by atoms with E-state index in [1.54, 1.807) is 0 Å². The van der Waals surface area contributed by atoms with Crippen molar-refractivity contribution in [3.05, 3.63) is 187 Å². The Morgan fingerprint density at radius 3 is 1.38 bits per heavy atom. The minimum absolute atomic E-state index is 0.117.